The first kappa shape index (κ1) is 23.4. The Morgan fingerprint density at radius 2 is 1.62 bits per heavy atom. The Kier molecular flexibility index (Phi) is 7.50. The van der Waals surface area contributed by atoms with Crippen LogP contribution in [0.3, 0.4) is 0 Å². The van der Waals surface area contributed by atoms with Gasteiger partial charge >= 0.3 is 0 Å². The molecule has 1 heterocycles. The van der Waals surface area contributed by atoms with E-state index in [0.29, 0.717) is 17.8 Å². The number of aryl methyl sites for hydroxylation is 1. The van der Waals surface area contributed by atoms with Gasteiger partial charge in [-0.2, -0.15) is 0 Å². The van der Waals surface area contributed by atoms with E-state index >= 15 is 0 Å². The molecule has 1 N–H and O–H groups in total. The maximum atomic E-state index is 13.7. The zero-order valence-electron chi connectivity index (χ0n) is 18.8. The third-order valence-electron chi connectivity index (χ3n) is 5.49. The van der Waals surface area contributed by atoms with Crippen molar-refractivity contribution >= 4 is 28.8 Å². The zero-order valence-corrected chi connectivity index (χ0v) is 19.6. The van der Waals surface area contributed by atoms with Crippen LogP contribution < -0.4 is 10.2 Å². The number of thiophene rings is 1. The number of nitrogens with one attached hydrogen (secondary N) is 1. The maximum absolute atomic E-state index is 13.7. The Bertz CT molecular complexity index is 1220. The van der Waals surface area contributed by atoms with Gasteiger partial charge in [-0.25, -0.2) is 4.39 Å². The van der Waals surface area contributed by atoms with Crippen molar-refractivity contribution in [1.82, 2.24) is 5.32 Å². The average molecular weight is 473 g/mol. The van der Waals surface area contributed by atoms with Crippen LogP contribution in [0.1, 0.15) is 27.6 Å². The van der Waals surface area contributed by atoms with Crippen LogP contribution >= 0.6 is 11.3 Å². The Balaban J connectivity index is 1.72. The van der Waals surface area contributed by atoms with Crippen molar-refractivity contribution in [3.63, 3.8) is 0 Å². The summed E-state index contributed by atoms with van der Waals surface area (Å²) in [6, 6.07) is 25.6. The number of carbonyl (C=O) groups is 2. The predicted molar refractivity (Wildman–Crippen MR) is 134 cm³/mol. The standard InChI is InChI=1S/C28H25FN2O2S/c1-20-9-15-24(16-10-20)31(26(32)18-25-8-5-17-34-25)27(22-11-13-23(29)14-12-22)28(33)30-19-21-6-3-2-4-7-21/h2-17,27H,18-19H2,1H3,(H,30,33)/t27-/m1/s1. The van der Waals surface area contributed by atoms with Crippen LogP contribution in [0.25, 0.3) is 0 Å². The first-order valence-electron chi connectivity index (χ1n) is 11.0. The maximum Gasteiger partial charge on any atom is 0.248 e. The van der Waals surface area contributed by atoms with Gasteiger partial charge in [-0.15, -0.1) is 11.3 Å². The lowest BCUT2D eigenvalue weighted by Gasteiger charge is -2.31. The number of nitrogens with zero attached hydrogens (tertiary/aromatic N) is 1. The minimum atomic E-state index is -0.959. The highest BCUT2D eigenvalue weighted by Crippen LogP contribution is 2.30. The second-order valence-corrected chi connectivity index (χ2v) is 9.05. The van der Waals surface area contributed by atoms with Crippen molar-refractivity contribution in [2.75, 3.05) is 4.90 Å². The van der Waals surface area contributed by atoms with Crippen LogP contribution in [0.4, 0.5) is 10.1 Å². The molecule has 0 saturated carbocycles. The van der Waals surface area contributed by atoms with E-state index < -0.39 is 11.9 Å². The highest BCUT2D eigenvalue weighted by molar-refractivity contribution is 7.10. The largest absolute Gasteiger partial charge is 0.350 e. The minimum Gasteiger partial charge on any atom is -0.350 e. The van der Waals surface area contributed by atoms with Crippen LogP contribution in [0.15, 0.2) is 96.4 Å². The lowest BCUT2D eigenvalue weighted by Crippen LogP contribution is -2.44. The van der Waals surface area contributed by atoms with Crippen molar-refractivity contribution in [2.24, 2.45) is 0 Å². The Hall–Kier alpha value is -3.77. The van der Waals surface area contributed by atoms with Gasteiger partial charge in [0.2, 0.25) is 11.8 Å². The molecule has 0 unspecified atom stereocenters. The second kappa shape index (κ2) is 10.9. The van der Waals surface area contributed by atoms with E-state index in [2.05, 4.69) is 5.32 Å². The SMILES string of the molecule is Cc1ccc(N(C(=O)Cc2cccs2)[C@@H](C(=O)NCc2ccccc2)c2ccc(F)cc2)cc1. The fourth-order valence-electron chi connectivity index (χ4n) is 3.73. The molecule has 1 atom stereocenters. The number of hydrogen-bond donors (Lipinski definition) is 1. The van der Waals surface area contributed by atoms with Crippen molar-refractivity contribution in [2.45, 2.75) is 25.9 Å². The van der Waals surface area contributed by atoms with E-state index in [0.717, 1.165) is 16.0 Å². The number of rotatable bonds is 8. The number of hydrogen-bond acceptors (Lipinski definition) is 3. The third kappa shape index (κ3) is 5.77. The number of benzene rings is 3. The van der Waals surface area contributed by atoms with Crippen LogP contribution in [0.5, 0.6) is 0 Å². The lowest BCUT2D eigenvalue weighted by molar-refractivity contribution is -0.126. The molecule has 0 spiro atoms. The molecule has 4 nitrogen and oxygen atoms in total. The van der Waals surface area contributed by atoms with Crippen molar-refractivity contribution in [3.8, 4) is 0 Å². The normalized spacial score (nSPS) is 11.6. The molecular formula is C28H25FN2O2S. The molecule has 0 aliphatic heterocycles. The van der Waals surface area contributed by atoms with Gasteiger partial charge < -0.3 is 5.32 Å². The molecule has 2 amide bonds. The van der Waals surface area contributed by atoms with Crippen molar-refractivity contribution < 1.29 is 14.0 Å². The van der Waals surface area contributed by atoms with Crippen molar-refractivity contribution in [3.05, 3.63) is 124 Å². The van der Waals surface area contributed by atoms with Crippen LogP contribution in [-0.4, -0.2) is 11.8 Å². The molecule has 3 aromatic carbocycles. The van der Waals surface area contributed by atoms with Gasteiger partial charge in [0.15, 0.2) is 0 Å². The predicted octanol–water partition coefficient (Wildman–Crippen LogP) is 5.83. The van der Waals surface area contributed by atoms with Gasteiger partial charge in [0.1, 0.15) is 11.9 Å². The highest BCUT2D eigenvalue weighted by atomic mass is 32.1. The van der Waals surface area contributed by atoms with Crippen LogP contribution in [0, 0.1) is 12.7 Å². The molecule has 4 aromatic rings. The molecule has 1 aromatic heterocycles. The van der Waals surface area contributed by atoms with Crippen LogP contribution in [-0.2, 0) is 22.6 Å². The van der Waals surface area contributed by atoms with E-state index in [9.17, 15) is 14.0 Å². The molecule has 4 rings (SSSR count). The lowest BCUT2D eigenvalue weighted by atomic mass is 10.0. The Morgan fingerprint density at radius 1 is 0.912 bits per heavy atom. The average Bonchev–Trinajstić information content (AvgIpc) is 3.36. The van der Waals surface area contributed by atoms with Gasteiger partial charge in [0, 0.05) is 17.1 Å². The molecule has 0 aliphatic rings. The van der Waals surface area contributed by atoms with Gasteiger partial charge in [0.25, 0.3) is 0 Å². The summed E-state index contributed by atoms with van der Waals surface area (Å²) in [7, 11) is 0. The van der Waals surface area contributed by atoms with Gasteiger partial charge in [-0.1, -0.05) is 66.2 Å². The number of amides is 2. The third-order valence-corrected chi connectivity index (χ3v) is 6.36. The summed E-state index contributed by atoms with van der Waals surface area (Å²) >= 11 is 1.49. The van der Waals surface area contributed by atoms with Gasteiger partial charge in [-0.3, -0.25) is 14.5 Å². The fourth-order valence-corrected chi connectivity index (χ4v) is 4.43. The topological polar surface area (TPSA) is 49.4 Å². The highest BCUT2D eigenvalue weighted by Gasteiger charge is 2.33. The zero-order chi connectivity index (χ0) is 23.9. The molecule has 6 heteroatoms. The number of halogens is 1. The monoisotopic (exact) mass is 472 g/mol. The van der Waals surface area contributed by atoms with Gasteiger partial charge in [0.05, 0.1) is 6.42 Å². The van der Waals surface area contributed by atoms with E-state index in [4.69, 9.17) is 0 Å². The summed E-state index contributed by atoms with van der Waals surface area (Å²) in [4.78, 5) is 29.7. The fraction of sp³-hybridized carbons (Fsp3) is 0.143. The molecule has 172 valence electrons. The van der Waals surface area contributed by atoms with E-state index in [1.165, 1.54) is 28.4 Å². The first-order valence-corrected chi connectivity index (χ1v) is 11.9. The minimum absolute atomic E-state index is 0.162. The molecule has 0 saturated heterocycles. The second-order valence-electron chi connectivity index (χ2n) is 8.01. The van der Waals surface area contributed by atoms with E-state index in [1.807, 2.05) is 79.0 Å². The Morgan fingerprint density at radius 3 is 2.26 bits per heavy atom. The summed E-state index contributed by atoms with van der Waals surface area (Å²) in [5.74, 6) is -0.954. The molecule has 0 bridgehead atoms. The summed E-state index contributed by atoms with van der Waals surface area (Å²) in [5, 5.41) is 4.88. The quantitative estimate of drug-likeness (QED) is 0.351. The summed E-state index contributed by atoms with van der Waals surface area (Å²) in [6.07, 6.45) is 0.162. The summed E-state index contributed by atoms with van der Waals surface area (Å²) in [5.41, 5.74) is 3.13. The molecule has 0 radical (unpaired) electrons. The molecule has 0 aliphatic carbocycles. The smallest absolute Gasteiger partial charge is 0.248 e. The summed E-state index contributed by atoms with van der Waals surface area (Å²) in [6.45, 7) is 2.28. The first-order chi connectivity index (χ1) is 16.5. The van der Waals surface area contributed by atoms with E-state index in [-0.39, 0.29) is 18.2 Å². The molecule has 0 fully saturated rings. The van der Waals surface area contributed by atoms with Gasteiger partial charge in [-0.05, 0) is 53.8 Å². The molecular weight excluding hydrogens is 447 g/mol. The Labute approximate surface area is 202 Å². The molecule has 34 heavy (non-hydrogen) atoms. The number of carbonyl (C=O) groups excluding carboxylic acids is 2. The van der Waals surface area contributed by atoms with Crippen LogP contribution in [0.2, 0.25) is 0 Å². The van der Waals surface area contributed by atoms with E-state index in [1.54, 1.807) is 12.1 Å². The van der Waals surface area contributed by atoms with Crippen molar-refractivity contribution in [1.29, 1.82) is 0 Å². The number of anilines is 1. The summed E-state index contributed by atoms with van der Waals surface area (Å²) < 4.78 is 13.7.